The molecule has 0 unspecified atom stereocenters. The largest absolute Gasteiger partial charge is 0.394 e. The van der Waals surface area contributed by atoms with E-state index in [2.05, 4.69) is 5.32 Å². The van der Waals surface area contributed by atoms with E-state index in [1.807, 2.05) is 13.8 Å². The molecule has 1 rings (SSSR count). The monoisotopic (exact) mass is 298 g/mol. The first kappa shape index (κ1) is 16.5. The van der Waals surface area contributed by atoms with Crippen LogP contribution in [-0.2, 0) is 0 Å². The summed E-state index contributed by atoms with van der Waals surface area (Å²) in [7, 11) is 0. The van der Waals surface area contributed by atoms with Gasteiger partial charge in [0.25, 0.3) is 11.6 Å². The average Bonchev–Trinajstić information content (AvgIpc) is 2.43. The van der Waals surface area contributed by atoms with Crippen molar-refractivity contribution in [1.29, 1.82) is 0 Å². The van der Waals surface area contributed by atoms with Crippen molar-refractivity contribution < 1.29 is 14.8 Å². The number of thioether (sulfide) groups is 1. The van der Waals surface area contributed by atoms with E-state index in [0.717, 1.165) is 0 Å². The van der Waals surface area contributed by atoms with Crippen molar-refractivity contribution in [3.8, 4) is 0 Å². The quantitative estimate of drug-likeness (QED) is 0.476. The van der Waals surface area contributed by atoms with Gasteiger partial charge in [0.2, 0.25) is 0 Å². The molecule has 7 heteroatoms. The van der Waals surface area contributed by atoms with E-state index >= 15 is 0 Å². The molecule has 0 saturated carbocycles. The van der Waals surface area contributed by atoms with Gasteiger partial charge in [-0.3, -0.25) is 14.9 Å². The van der Waals surface area contributed by atoms with Crippen LogP contribution in [0, 0.1) is 16.0 Å². The Hall–Kier alpha value is -1.60. The van der Waals surface area contributed by atoms with Crippen LogP contribution in [-0.4, -0.2) is 34.8 Å². The lowest BCUT2D eigenvalue weighted by atomic mass is 10.0. The second kappa shape index (κ2) is 7.25. The number of hydrogen-bond donors (Lipinski definition) is 2. The van der Waals surface area contributed by atoms with Crippen LogP contribution >= 0.6 is 11.8 Å². The zero-order chi connectivity index (χ0) is 15.3. The van der Waals surface area contributed by atoms with Crippen molar-refractivity contribution in [2.75, 3.05) is 12.9 Å². The van der Waals surface area contributed by atoms with Gasteiger partial charge in [0.05, 0.1) is 22.5 Å². The lowest BCUT2D eigenvalue weighted by molar-refractivity contribution is -0.387. The molecule has 0 spiro atoms. The van der Waals surface area contributed by atoms with Gasteiger partial charge in [-0.2, -0.15) is 0 Å². The summed E-state index contributed by atoms with van der Waals surface area (Å²) in [5.74, 6) is -0.349. The third-order valence-corrected chi connectivity index (χ3v) is 3.74. The van der Waals surface area contributed by atoms with Gasteiger partial charge in [0.15, 0.2) is 0 Å². The first-order valence-corrected chi connectivity index (χ1v) is 7.37. The van der Waals surface area contributed by atoms with Gasteiger partial charge in [0, 0.05) is 11.6 Å². The van der Waals surface area contributed by atoms with Crippen LogP contribution in [0.4, 0.5) is 5.69 Å². The summed E-state index contributed by atoms with van der Waals surface area (Å²) in [4.78, 5) is 23.0. The van der Waals surface area contributed by atoms with Gasteiger partial charge >= 0.3 is 0 Å². The molecule has 0 fully saturated rings. The fourth-order valence-corrected chi connectivity index (χ4v) is 2.20. The average molecular weight is 298 g/mol. The number of aliphatic hydroxyl groups excluding tert-OH is 1. The minimum Gasteiger partial charge on any atom is -0.394 e. The molecular weight excluding hydrogens is 280 g/mol. The number of nitro groups is 1. The number of rotatable bonds is 6. The molecule has 0 aliphatic rings. The van der Waals surface area contributed by atoms with Crippen LogP contribution < -0.4 is 5.32 Å². The molecule has 0 heterocycles. The van der Waals surface area contributed by atoms with E-state index in [-0.39, 0.29) is 29.8 Å². The molecule has 0 aliphatic carbocycles. The second-order valence-electron chi connectivity index (χ2n) is 4.65. The molecule has 1 atom stereocenters. The Morgan fingerprint density at radius 3 is 2.60 bits per heavy atom. The highest BCUT2D eigenvalue weighted by Crippen LogP contribution is 2.28. The number of benzene rings is 1. The Morgan fingerprint density at radius 1 is 1.50 bits per heavy atom. The second-order valence-corrected chi connectivity index (χ2v) is 5.50. The van der Waals surface area contributed by atoms with Crippen molar-refractivity contribution in [3.05, 3.63) is 33.9 Å². The molecule has 1 aromatic rings. The van der Waals surface area contributed by atoms with E-state index in [9.17, 15) is 20.0 Å². The molecule has 6 nitrogen and oxygen atoms in total. The van der Waals surface area contributed by atoms with E-state index in [4.69, 9.17) is 0 Å². The Bertz CT molecular complexity index is 505. The maximum atomic E-state index is 12.0. The van der Waals surface area contributed by atoms with Gasteiger partial charge in [-0.25, -0.2) is 0 Å². The molecule has 0 bridgehead atoms. The highest BCUT2D eigenvalue weighted by Gasteiger charge is 2.20. The lowest BCUT2D eigenvalue weighted by Gasteiger charge is -2.19. The number of nitrogens with one attached hydrogen (secondary N) is 1. The van der Waals surface area contributed by atoms with E-state index in [0.29, 0.717) is 4.90 Å². The fourth-order valence-electron chi connectivity index (χ4n) is 1.65. The van der Waals surface area contributed by atoms with Gasteiger partial charge in [-0.05, 0) is 24.3 Å². The normalized spacial score (nSPS) is 12.2. The van der Waals surface area contributed by atoms with Gasteiger partial charge in [-0.1, -0.05) is 13.8 Å². The molecule has 0 aromatic heterocycles. The van der Waals surface area contributed by atoms with Crippen molar-refractivity contribution in [2.45, 2.75) is 24.8 Å². The summed E-state index contributed by atoms with van der Waals surface area (Å²) in [6, 6.07) is 3.99. The van der Waals surface area contributed by atoms with E-state index in [1.54, 1.807) is 18.4 Å². The highest BCUT2D eigenvalue weighted by atomic mass is 32.2. The summed E-state index contributed by atoms with van der Waals surface area (Å²) in [6.07, 6.45) is 1.74. The minimum atomic E-state index is -0.505. The first-order chi connectivity index (χ1) is 9.40. The molecule has 0 aliphatic heterocycles. The summed E-state index contributed by atoms with van der Waals surface area (Å²) in [6.45, 7) is 3.58. The smallest absolute Gasteiger partial charge is 0.283 e. The number of carbonyl (C=O) groups excluding carboxylic acids is 1. The summed E-state index contributed by atoms with van der Waals surface area (Å²) < 4.78 is 0. The third-order valence-electron chi connectivity index (χ3n) is 2.96. The Kier molecular flexibility index (Phi) is 5.97. The van der Waals surface area contributed by atoms with Crippen LogP contribution in [0.2, 0.25) is 0 Å². The molecule has 2 N–H and O–H groups in total. The Labute approximate surface area is 121 Å². The van der Waals surface area contributed by atoms with Gasteiger partial charge in [-0.15, -0.1) is 11.8 Å². The Morgan fingerprint density at radius 2 is 2.15 bits per heavy atom. The van der Waals surface area contributed by atoms with Crippen LogP contribution in [0.15, 0.2) is 23.1 Å². The van der Waals surface area contributed by atoms with Crippen LogP contribution in [0.3, 0.4) is 0 Å². The van der Waals surface area contributed by atoms with Crippen LogP contribution in [0.1, 0.15) is 24.2 Å². The van der Waals surface area contributed by atoms with Gasteiger partial charge < -0.3 is 10.4 Å². The topological polar surface area (TPSA) is 92.5 Å². The zero-order valence-electron chi connectivity index (χ0n) is 11.6. The maximum absolute atomic E-state index is 12.0. The number of amides is 1. The van der Waals surface area contributed by atoms with Crippen LogP contribution in [0.25, 0.3) is 0 Å². The van der Waals surface area contributed by atoms with Crippen LogP contribution in [0.5, 0.6) is 0 Å². The zero-order valence-corrected chi connectivity index (χ0v) is 12.4. The lowest BCUT2D eigenvalue weighted by Crippen LogP contribution is -2.41. The predicted octanol–water partition coefficient (Wildman–Crippen LogP) is 2.06. The molecule has 110 valence electrons. The van der Waals surface area contributed by atoms with E-state index < -0.39 is 10.8 Å². The third kappa shape index (κ3) is 3.94. The fraction of sp³-hybridized carbons (Fsp3) is 0.462. The summed E-state index contributed by atoms with van der Waals surface area (Å²) in [5, 5.41) is 22.8. The van der Waals surface area contributed by atoms with E-state index in [1.165, 1.54) is 17.8 Å². The maximum Gasteiger partial charge on any atom is 0.283 e. The number of hydrogen-bond acceptors (Lipinski definition) is 5. The number of nitro benzene ring substituents is 1. The predicted molar refractivity (Wildman–Crippen MR) is 78.1 cm³/mol. The SMILES string of the molecule is CSc1ccc(C(=O)N[C@H](CO)C(C)C)cc1[N+](=O)[O-]. The van der Waals surface area contributed by atoms with Crippen molar-refractivity contribution in [1.82, 2.24) is 5.32 Å². The molecule has 20 heavy (non-hydrogen) atoms. The summed E-state index contributed by atoms with van der Waals surface area (Å²) >= 11 is 1.25. The standard InChI is InChI=1S/C13H18N2O4S/c1-8(2)10(7-16)14-13(17)9-4-5-12(20-3)11(6-9)15(18)19/h4-6,8,10,16H,7H2,1-3H3,(H,14,17)/t10-/m1/s1. The van der Waals surface area contributed by atoms with Crippen molar-refractivity contribution >= 4 is 23.4 Å². The molecule has 1 amide bonds. The van der Waals surface area contributed by atoms with Crippen molar-refractivity contribution in [3.63, 3.8) is 0 Å². The van der Waals surface area contributed by atoms with Crippen molar-refractivity contribution in [2.24, 2.45) is 5.92 Å². The molecular formula is C13H18N2O4S. The minimum absolute atomic E-state index is 0.0735. The molecule has 0 saturated heterocycles. The first-order valence-electron chi connectivity index (χ1n) is 6.14. The number of aliphatic hydroxyl groups is 1. The molecule has 1 aromatic carbocycles. The summed E-state index contributed by atoms with van der Waals surface area (Å²) in [5.41, 5.74) is 0.129. The number of carbonyl (C=O) groups is 1. The van der Waals surface area contributed by atoms with Gasteiger partial charge in [0.1, 0.15) is 0 Å². The Balaban J connectivity index is 2.99. The number of nitrogens with zero attached hydrogens (tertiary/aromatic N) is 1. The molecule has 0 radical (unpaired) electrons. The highest BCUT2D eigenvalue weighted by molar-refractivity contribution is 7.98.